The highest BCUT2D eigenvalue weighted by atomic mass is 35.5. The molecule has 1 amide bonds. The molecule has 1 N–H and O–H groups in total. The van der Waals surface area contributed by atoms with E-state index >= 15 is 0 Å². The monoisotopic (exact) mass is 315 g/mol. The van der Waals surface area contributed by atoms with Gasteiger partial charge in [0, 0.05) is 0 Å². The van der Waals surface area contributed by atoms with Gasteiger partial charge in [0.05, 0.1) is 35.9 Å². The first-order valence-corrected chi connectivity index (χ1v) is 7.39. The van der Waals surface area contributed by atoms with E-state index in [1.165, 1.54) is 0 Å². The molecule has 0 saturated carbocycles. The van der Waals surface area contributed by atoms with Crippen LogP contribution in [0.4, 0.5) is 0 Å². The van der Waals surface area contributed by atoms with Crippen LogP contribution in [0.2, 0.25) is 10.0 Å². The van der Waals surface area contributed by atoms with Crippen LogP contribution in [0.15, 0.2) is 12.1 Å². The molecule has 1 saturated heterocycles. The molecule has 1 fully saturated rings. The van der Waals surface area contributed by atoms with E-state index in [4.69, 9.17) is 32.7 Å². The van der Waals surface area contributed by atoms with Crippen LogP contribution < -0.4 is 5.32 Å². The minimum absolute atomic E-state index is 0.0298. The van der Waals surface area contributed by atoms with Gasteiger partial charge in [0.2, 0.25) is 0 Å². The van der Waals surface area contributed by atoms with Crippen molar-refractivity contribution in [2.45, 2.75) is 25.0 Å². The van der Waals surface area contributed by atoms with Gasteiger partial charge in [-0.15, -0.1) is 0 Å². The molecule has 1 aliphatic heterocycles. The Labute approximate surface area is 127 Å². The van der Waals surface area contributed by atoms with Crippen molar-refractivity contribution in [3.63, 3.8) is 0 Å². The Hall–Kier alpha value is -0.810. The fraction of sp³-hybridized carbons (Fsp3) is 0.500. The second-order valence-corrected chi connectivity index (χ2v) is 5.75. The lowest BCUT2D eigenvalue weighted by atomic mass is 10.1. The molecule has 2 atom stereocenters. The third-order valence-corrected chi connectivity index (χ3v) is 4.56. The topological polar surface area (TPSA) is 47.6 Å². The second kappa shape index (κ2) is 5.90. The van der Waals surface area contributed by atoms with Gasteiger partial charge in [-0.1, -0.05) is 29.3 Å². The van der Waals surface area contributed by atoms with Crippen LogP contribution in [0.5, 0.6) is 0 Å². The first-order chi connectivity index (χ1) is 9.66. The van der Waals surface area contributed by atoms with E-state index in [0.29, 0.717) is 29.9 Å². The standard InChI is InChI=1S/C14H15Cl2NO3/c15-10-3-1-8-9(13(10)16)2-4-11(8)17-14(18)12-7-19-5-6-20-12/h1,3,11-12H,2,4-7H2,(H,17,18). The van der Waals surface area contributed by atoms with Crippen LogP contribution in [0.3, 0.4) is 0 Å². The molecular weight excluding hydrogens is 301 g/mol. The lowest BCUT2D eigenvalue weighted by Gasteiger charge is -2.24. The van der Waals surface area contributed by atoms with E-state index < -0.39 is 6.10 Å². The van der Waals surface area contributed by atoms with E-state index in [2.05, 4.69) is 5.32 Å². The molecule has 2 unspecified atom stereocenters. The highest BCUT2D eigenvalue weighted by Gasteiger charge is 2.30. The smallest absolute Gasteiger partial charge is 0.252 e. The van der Waals surface area contributed by atoms with Crippen molar-refractivity contribution in [3.05, 3.63) is 33.3 Å². The number of fused-ring (bicyclic) bond motifs is 1. The first kappa shape index (κ1) is 14.1. The van der Waals surface area contributed by atoms with Gasteiger partial charge in [-0.2, -0.15) is 0 Å². The normalized spacial score (nSPS) is 25.3. The number of carbonyl (C=O) groups excluding carboxylic acids is 1. The molecule has 1 aromatic carbocycles. The number of amides is 1. The van der Waals surface area contributed by atoms with Crippen LogP contribution in [0, 0.1) is 0 Å². The van der Waals surface area contributed by atoms with E-state index in [1.54, 1.807) is 6.07 Å². The number of benzene rings is 1. The van der Waals surface area contributed by atoms with Gasteiger partial charge in [-0.25, -0.2) is 0 Å². The van der Waals surface area contributed by atoms with Crippen LogP contribution in [0.25, 0.3) is 0 Å². The molecule has 6 heteroatoms. The predicted octanol–water partition coefficient (Wildman–Crippen LogP) is 2.51. The van der Waals surface area contributed by atoms with Crippen molar-refractivity contribution in [1.82, 2.24) is 5.32 Å². The van der Waals surface area contributed by atoms with Gasteiger partial charge in [0.25, 0.3) is 5.91 Å². The molecule has 0 bridgehead atoms. The van der Waals surface area contributed by atoms with Crippen LogP contribution in [0.1, 0.15) is 23.6 Å². The quantitative estimate of drug-likeness (QED) is 0.912. The summed E-state index contributed by atoms with van der Waals surface area (Å²) in [6, 6.07) is 3.67. The maximum Gasteiger partial charge on any atom is 0.252 e. The lowest BCUT2D eigenvalue weighted by Crippen LogP contribution is -2.43. The Morgan fingerprint density at radius 3 is 2.90 bits per heavy atom. The third kappa shape index (κ3) is 2.66. The van der Waals surface area contributed by atoms with Crippen molar-refractivity contribution in [3.8, 4) is 0 Å². The largest absolute Gasteiger partial charge is 0.376 e. The fourth-order valence-electron chi connectivity index (χ4n) is 2.69. The zero-order valence-electron chi connectivity index (χ0n) is 10.8. The summed E-state index contributed by atoms with van der Waals surface area (Å²) in [5, 5.41) is 4.16. The summed E-state index contributed by atoms with van der Waals surface area (Å²) in [4.78, 5) is 12.1. The zero-order valence-corrected chi connectivity index (χ0v) is 12.3. The molecule has 0 radical (unpaired) electrons. The predicted molar refractivity (Wildman–Crippen MR) is 76.2 cm³/mol. The summed E-state index contributed by atoms with van der Waals surface area (Å²) >= 11 is 12.2. The molecule has 1 aromatic rings. The average molecular weight is 316 g/mol. The summed E-state index contributed by atoms with van der Waals surface area (Å²) in [6.07, 6.45) is 1.13. The SMILES string of the molecule is O=C(NC1CCc2c1ccc(Cl)c2Cl)C1COCCO1. The van der Waals surface area contributed by atoms with Crippen molar-refractivity contribution >= 4 is 29.1 Å². The Kier molecular flexibility index (Phi) is 4.17. The Balaban J connectivity index is 1.72. The van der Waals surface area contributed by atoms with E-state index in [-0.39, 0.29) is 11.9 Å². The Morgan fingerprint density at radius 1 is 1.30 bits per heavy atom. The summed E-state index contributed by atoms with van der Waals surface area (Å²) in [7, 11) is 0. The number of hydrogen-bond donors (Lipinski definition) is 1. The molecule has 1 aliphatic carbocycles. The average Bonchev–Trinajstić information content (AvgIpc) is 2.87. The summed E-state index contributed by atoms with van der Waals surface area (Å²) in [5.41, 5.74) is 2.08. The number of halogens is 2. The molecule has 1 heterocycles. The Morgan fingerprint density at radius 2 is 2.15 bits per heavy atom. The maximum absolute atomic E-state index is 12.1. The highest BCUT2D eigenvalue weighted by molar-refractivity contribution is 6.42. The van der Waals surface area contributed by atoms with Crippen molar-refractivity contribution in [2.75, 3.05) is 19.8 Å². The molecular formula is C14H15Cl2NO3. The molecule has 20 heavy (non-hydrogen) atoms. The number of nitrogens with one attached hydrogen (secondary N) is 1. The third-order valence-electron chi connectivity index (χ3n) is 3.72. The van der Waals surface area contributed by atoms with E-state index in [0.717, 1.165) is 24.0 Å². The molecule has 3 rings (SSSR count). The number of carbonyl (C=O) groups is 1. The van der Waals surface area contributed by atoms with Gasteiger partial charge in [0.1, 0.15) is 0 Å². The molecule has 4 nitrogen and oxygen atoms in total. The maximum atomic E-state index is 12.1. The van der Waals surface area contributed by atoms with Crippen LogP contribution >= 0.6 is 23.2 Å². The summed E-state index contributed by atoms with van der Waals surface area (Å²) < 4.78 is 10.6. The molecule has 0 spiro atoms. The minimum Gasteiger partial charge on any atom is -0.376 e. The second-order valence-electron chi connectivity index (χ2n) is 4.96. The van der Waals surface area contributed by atoms with Gasteiger partial charge < -0.3 is 14.8 Å². The first-order valence-electron chi connectivity index (χ1n) is 6.63. The van der Waals surface area contributed by atoms with E-state index in [1.807, 2.05) is 6.07 Å². The summed E-state index contributed by atoms with van der Waals surface area (Å²) in [5.74, 6) is -0.131. The summed E-state index contributed by atoms with van der Waals surface area (Å²) in [6.45, 7) is 1.32. The van der Waals surface area contributed by atoms with E-state index in [9.17, 15) is 4.79 Å². The molecule has 108 valence electrons. The number of ether oxygens (including phenoxy) is 2. The zero-order chi connectivity index (χ0) is 14.1. The van der Waals surface area contributed by atoms with Crippen LogP contribution in [-0.2, 0) is 20.7 Å². The minimum atomic E-state index is -0.518. The molecule has 0 aromatic heterocycles. The van der Waals surface area contributed by atoms with Gasteiger partial charge >= 0.3 is 0 Å². The van der Waals surface area contributed by atoms with Crippen molar-refractivity contribution < 1.29 is 14.3 Å². The number of rotatable bonds is 2. The molecule has 2 aliphatic rings. The van der Waals surface area contributed by atoms with Crippen molar-refractivity contribution in [1.29, 1.82) is 0 Å². The fourth-order valence-corrected chi connectivity index (χ4v) is 3.13. The van der Waals surface area contributed by atoms with Gasteiger partial charge in [-0.3, -0.25) is 4.79 Å². The van der Waals surface area contributed by atoms with Gasteiger partial charge in [0.15, 0.2) is 6.10 Å². The van der Waals surface area contributed by atoms with Crippen molar-refractivity contribution in [2.24, 2.45) is 0 Å². The lowest BCUT2D eigenvalue weighted by molar-refractivity contribution is -0.148. The van der Waals surface area contributed by atoms with Gasteiger partial charge in [-0.05, 0) is 30.0 Å². The Bertz CT molecular complexity index is 529. The highest BCUT2D eigenvalue weighted by Crippen LogP contribution is 2.39. The number of hydrogen-bond acceptors (Lipinski definition) is 3. The van der Waals surface area contributed by atoms with Crippen LogP contribution in [-0.4, -0.2) is 31.8 Å².